The van der Waals surface area contributed by atoms with Crippen molar-refractivity contribution in [1.29, 1.82) is 0 Å². The number of nitrogens with zero attached hydrogens (tertiary/aromatic N) is 2. The highest BCUT2D eigenvalue weighted by Crippen LogP contribution is 2.32. The second kappa shape index (κ2) is 4.39. The number of nitrogens with one attached hydrogen (secondary N) is 2. The lowest BCUT2D eigenvalue weighted by Crippen LogP contribution is -2.36. The molecule has 1 saturated heterocycles. The van der Waals surface area contributed by atoms with Crippen molar-refractivity contribution in [1.82, 2.24) is 20.4 Å². The second-order valence-corrected chi connectivity index (χ2v) is 5.65. The summed E-state index contributed by atoms with van der Waals surface area (Å²) in [5.74, 6) is 1.15. The molecule has 2 fully saturated rings. The van der Waals surface area contributed by atoms with Gasteiger partial charge in [0.25, 0.3) is 0 Å². The molecule has 2 N–H and O–H groups in total. The molecule has 1 aliphatic heterocycles. The van der Waals surface area contributed by atoms with Gasteiger partial charge in [-0.3, -0.25) is 9.48 Å². The van der Waals surface area contributed by atoms with Gasteiger partial charge >= 0.3 is 0 Å². The van der Waals surface area contributed by atoms with E-state index in [0.29, 0.717) is 12.0 Å². The van der Waals surface area contributed by atoms with Crippen LogP contribution in [0.25, 0.3) is 0 Å². The molecule has 1 aromatic rings. The second-order valence-electron chi connectivity index (χ2n) is 5.65. The number of hydrogen-bond donors (Lipinski definition) is 2. The van der Waals surface area contributed by atoms with Crippen LogP contribution in [0, 0.1) is 11.8 Å². The molecule has 4 atom stereocenters. The van der Waals surface area contributed by atoms with Crippen LogP contribution in [-0.2, 0) is 11.8 Å². The topological polar surface area (TPSA) is 59.0 Å². The molecule has 2 aliphatic rings. The maximum absolute atomic E-state index is 12.3. The molecular weight excluding hydrogens is 228 g/mol. The number of hydrogen-bond acceptors (Lipinski definition) is 3. The van der Waals surface area contributed by atoms with Gasteiger partial charge in [-0.25, -0.2) is 0 Å². The first-order chi connectivity index (χ1) is 8.65. The Morgan fingerprint density at radius 2 is 2.33 bits per heavy atom. The fourth-order valence-electron chi connectivity index (χ4n) is 2.75. The molecule has 98 valence electrons. The van der Waals surface area contributed by atoms with Crippen LogP contribution < -0.4 is 10.6 Å². The Morgan fingerprint density at radius 1 is 1.56 bits per heavy atom. The molecule has 0 bridgehead atoms. The maximum Gasteiger partial charge on any atom is 0.225 e. The van der Waals surface area contributed by atoms with E-state index in [1.54, 1.807) is 4.68 Å². The first kappa shape index (κ1) is 11.7. The quantitative estimate of drug-likeness (QED) is 0.806. The minimum atomic E-state index is 0.0435. The Kier molecular flexibility index (Phi) is 2.86. The van der Waals surface area contributed by atoms with E-state index in [1.807, 2.05) is 19.4 Å². The van der Waals surface area contributed by atoms with Crippen molar-refractivity contribution in [2.24, 2.45) is 18.9 Å². The molecule has 0 spiro atoms. The predicted octanol–water partition coefficient (Wildman–Crippen LogP) is 0.248. The molecule has 0 radical (unpaired) electrons. The molecule has 1 amide bonds. The van der Waals surface area contributed by atoms with Crippen LogP contribution in [0.5, 0.6) is 0 Å². The Hall–Kier alpha value is -1.36. The van der Waals surface area contributed by atoms with E-state index in [0.717, 1.165) is 25.1 Å². The van der Waals surface area contributed by atoms with Crippen LogP contribution in [0.4, 0.5) is 0 Å². The van der Waals surface area contributed by atoms with Crippen molar-refractivity contribution >= 4 is 5.91 Å². The van der Waals surface area contributed by atoms with Crippen molar-refractivity contribution in [3.05, 3.63) is 18.0 Å². The number of rotatable bonds is 3. The Balaban J connectivity index is 1.68. The lowest BCUT2D eigenvalue weighted by molar-refractivity contribution is -0.125. The first-order valence-corrected chi connectivity index (χ1v) is 6.65. The van der Waals surface area contributed by atoms with Crippen LogP contribution >= 0.6 is 0 Å². The summed E-state index contributed by atoms with van der Waals surface area (Å²) >= 11 is 0. The highest BCUT2D eigenvalue weighted by Gasteiger charge is 2.39. The zero-order valence-electron chi connectivity index (χ0n) is 10.9. The molecule has 1 aliphatic carbocycles. The molecule has 3 rings (SSSR count). The molecule has 5 heteroatoms. The third-order valence-corrected chi connectivity index (χ3v) is 4.14. The minimum Gasteiger partial charge on any atom is -0.353 e. The van der Waals surface area contributed by atoms with Gasteiger partial charge in [0, 0.05) is 38.3 Å². The largest absolute Gasteiger partial charge is 0.353 e. The van der Waals surface area contributed by atoms with Gasteiger partial charge in [-0.15, -0.1) is 0 Å². The van der Waals surface area contributed by atoms with Gasteiger partial charge in [0.1, 0.15) is 0 Å². The zero-order valence-corrected chi connectivity index (χ0v) is 10.9. The monoisotopic (exact) mass is 248 g/mol. The molecule has 1 aromatic heterocycles. The third kappa shape index (κ3) is 2.14. The van der Waals surface area contributed by atoms with Crippen molar-refractivity contribution in [3.63, 3.8) is 0 Å². The summed E-state index contributed by atoms with van der Waals surface area (Å²) in [6.07, 6.45) is 5.01. The van der Waals surface area contributed by atoms with Gasteiger partial charge in [0.05, 0.1) is 12.1 Å². The standard InChI is InChI=1S/C13H20N4O/c1-8-3-12(8)16-13(18)11-6-14-5-10(11)9-4-15-17(2)7-9/h4,7-8,10-12,14H,3,5-6H2,1-2H3,(H,16,18)/t8?,10-,11+,12?/m1/s1. The van der Waals surface area contributed by atoms with Crippen LogP contribution in [0.3, 0.4) is 0 Å². The van der Waals surface area contributed by atoms with E-state index in [-0.39, 0.29) is 17.7 Å². The third-order valence-electron chi connectivity index (χ3n) is 4.14. The minimum absolute atomic E-state index is 0.0435. The van der Waals surface area contributed by atoms with Crippen LogP contribution in [-0.4, -0.2) is 34.8 Å². The highest BCUT2D eigenvalue weighted by molar-refractivity contribution is 5.81. The molecule has 2 unspecified atom stereocenters. The van der Waals surface area contributed by atoms with Gasteiger partial charge < -0.3 is 10.6 Å². The molecule has 5 nitrogen and oxygen atoms in total. The lowest BCUT2D eigenvalue weighted by atomic mass is 9.90. The highest BCUT2D eigenvalue weighted by atomic mass is 16.2. The van der Waals surface area contributed by atoms with Gasteiger partial charge in [-0.1, -0.05) is 6.92 Å². The van der Waals surface area contributed by atoms with Crippen molar-refractivity contribution in [2.45, 2.75) is 25.3 Å². The van der Waals surface area contributed by atoms with Crippen LogP contribution in [0.15, 0.2) is 12.4 Å². The SMILES string of the molecule is CC1CC1NC(=O)[C@H]1CNC[C@@H]1c1cnn(C)c1. The summed E-state index contributed by atoms with van der Waals surface area (Å²) in [4.78, 5) is 12.3. The number of aryl methyl sites for hydroxylation is 1. The lowest BCUT2D eigenvalue weighted by Gasteiger charge is -2.16. The summed E-state index contributed by atoms with van der Waals surface area (Å²) in [6.45, 7) is 3.81. The van der Waals surface area contributed by atoms with E-state index < -0.39 is 0 Å². The molecular formula is C13H20N4O. The number of carbonyl (C=O) groups is 1. The summed E-state index contributed by atoms with van der Waals surface area (Å²) in [5, 5.41) is 10.7. The average Bonchev–Trinajstić information content (AvgIpc) is 2.79. The fraction of sp³-hybridized carbons (Fsp3) is 0.692. The van der Waals surface area contributed by atoms with Gasteiger partial charge in [0.15, 0.2) is 0 Å². The van der Waals surface area contributed by atoms with Crippen molar-refractivity contribution < 1.29 is 4.79 Å². The van der Waals surface area contributed by atoms with E-state index >= 15 is 0 Å². The van der Waals surface area contributed by atoms with Gasteiger partial charge in [-0.05, 0) is 17.9 Å². The fourth-order valence-corrected chi connectivity index (χ4v) is 2.75. The summed E-state index contributed by atoms with van der Waals surface area (Å²) in [7, 11) is 1.91. The maximum atomic E-state index is 12.3. The summed E-state index contributed by atoms with van der Waals surface area (Å²) in [6, 6.07) is 0.410. The van der Waals surface area contributed by atoms with Crippen molar-refractivity contribution in [2.75, 3.05) is 13.1 Å². The van der Waals surface area contributed by atoms with E-state index in [4.69, 9.17) is 0 Å². The van der Waals surface area contributed by atoms with E-state index in [1.165, 1.54) is 0 Å². The van der Waals surface area contributed by atoms with Gasteiger partial charge in [0.2, 0.25) is 5.91 Å². The Morgan fingerprint density at radius 3 is 2.94 bits per heavy atom. The van der Waals surface area contributed by atoms with Gasteiger partial charge in [-0.2, -0.15) is 5.10 Å². The average molecular weight is 248 g/mol. The zero-order chi connectivity index (χ0) is 12.7. The number of amides is 1. The van der Waals surface area contributed by atoms with E-state index in [9.17, 15) is 4.79 Å². The van der Waals surface area contributed by atoms with E-state index in [2.05, 4.69) is 22.7 Å². The first-order valence-electron chi connectivity index (χ1n) is 6.65. The van der Waals surface area contributed by atoms with Crippen molar-refractivity contribution in [3.8, 4) is 0 Å². The smallest absolute Gasteiger partial charge is 0.225 e. The Labute approximate surface area is 107 Å². The molecule has 2 heterocycles. The number of carbonyl (C=O) groups excluding carboxylic acids is 1. The Bertz CT molecular complexity index is 456. The van der Waals surface area contributed by atoms with Crippen LogP contribution in [0.2, 0.25) is 0 Å². The predicted molar refractivity (Wildman–Crippen MR) is 68.0 cm³/mol. The summed E-state index contributed by atoms with van der Waals surface area (Å²) < 4.78 is 1.80. The molecule has 0 aromatic carbocycles. The normalized spacial score (nSPS) is 34.6. The summed E-state index contributed by atoms with van der Waals surface area (Å²) in [5.41, 5.74) is 1.16. The molecule has 1 saturated carbocycles. The molecule has 18 heavy (non-hydrogen) atoms. The number of aromatic nitrogens is 2. The van der Waals surface area contributed by atoms with Crippen LogP contribution in [0.1, 0.15) is 24.8 Å².